The maximum atomic E-state index is 12.4. The number of nitrogens with two attached hydrogens (primary N) is 1. The molecule has 0 atom stereocenters. The van der Waals surface area contributed by atoms with Gasteiger partial charge in [0.05, 0.1) is 12.1 Å². The molecule has 0 aliphatic carbocycles. The summed E-state index contributed by atoms with van der Waals surface area (Å²) < 4.78 is 0. The number of halogens is 1. The van der Waals surface area contributed by atoms with Crippen molar-refractivity contribution in [2.75, 3.05) is 19.6 Å². The monoisotopic (exact) mass is 292 g/mol. The minimum absolute atomic E-state index is 0.0408. The third kappa shape index (κ3) is 2.45. The van der Waals surface area contributed by atoms with Crippen LogP contribution in [0, 0.1) is 0 Å². The van der Waals surface area contributed by atoms with Crippen molar-refractivity contribution in [3.8, 4) is 0 Å². The number of carbonyl (C=O) groups is 1. The molecule has 5 nitrogen and oxygen atoms in total. The van der Waals surface area contributed by atoms with Crippen LogP contribution in [0.1, 0.15) is 23.2 Å². The van der Waals surface area contributed by atoms with Gasteiger partial charge in [-0.25, -0.2) is 0 Å². The molecule has 1 aromatic rings. The summed E-state index contributed by atoms with van der Waals surface area (Å²) in [5, 5.41) is 3.89. The fourth-order valence-electron chi connectivity index (χ4n) is 2.78. The number of benzene rings is 1. The Labute approximate surface area is 122 Å². The molecule has 106 valence electrons. The molecular weight excluding hydrogens is 276 g/mol. The highest BCUT2D eigenvalue weighted by atomic mass is 35.5. The minimum Gasteiger partial charge on any atom is -0.370 e. The largest absolute Gasteiger partial charge is 0.370 e. The Morgan fingerprint density at radius 1 is 1.30 bits per heavy atom. The highest BCUT2D eigenvalue weighted by Crippen LogP contribution is 2.26. The number of nitrogens with one attached hydrogen (secondary N) is 1. The third-order valence-corrected chi connectivity index (χ3v) is 4.30. The standard InChI is InChI=1S/C14H17ClN4O/c15-11-3-1-10(2-4-11)12(20)19-7-5-14(6-8-19)9-17-13(16)18-14/h1-4H,5-9H2,(H3,16,17,18). The molecule has 6 heteroatoms. The molecule has 0 aromatic heterocycles. The lowest BCUT2D eigenvalue weighted by Gasteiger charge is -2.39. The predicted octanol–water partition coefficient (Wildman–Crippen LogP) is 1.23. The quantitative estimate of drug-likeness (QED) is 0.818. The first-order valence-corrected chi connectivity index (χ1v) is 7.09. The summed E-state index contributed by atoms with van der Waals surface area (Å²) in [5.41, 5.74) is 6.33. The maximum Gasteiger partial charge on any atom is 0.253 e. The number of hydrogen-bond donors (Lipinski definition) is 2. The molecule has 1 amide bonds. The summed E-state index contributed by atoms with van der Waals surface area (Å²) in [5.74, 6) is 0.575. The van der Waals surface area contributed by atoms with Crippen LogP contribution in [0.3, 0.4) is 0 Å². The number of aliphatic imine (C=N–C) groups is 1. The number of carbonyl (C=O) groups excluding carboxylic acids is 1. The molecule has 2 aliphatic rings. The Hall–Kier alpha value is -1.75. The van der Waals surface area contributed by atoms with Gasteiger partial charge in [-0.05, 0) is 37.1 Å². The van der Waals surface area contributed by atoms with Crippen LogP contribution >= 0.6 is 11.6 Å². The number of hydrogen-bond acceptors (Lipinski definition) is 4. The molecule has 0 unspecified atom stereocenters. The zero-order chi connectivity index (χ0) is 14.2. The summed E-state index contributed by atoms with van der Waals surface area (Å²) in [6.07, 6.45) is 1.74. The van der Waals surface area contributed by atoms with E-state index in [4.69, 9.17) is 17.3 Å². The molecule has 1 fully saturated rings. The van der Waals surface area contributed by atoms with E-state index in [1.807, 2.05) is 4.90 Å². The van der Waals surface area contributed by atoms with E-state index in [-0.39, 0.29) is 11.4 Å². The number of nitrogens with zero attached hydrogens (tertiary/aromatic N) is 2. The third-order valence-electron chi connectivity index (χ3n) is 4.04. The van der Waals surface area contributed by atoms with Crippen molar-refractivity contribution in [2.45, 2.75) is 18.4 Å². The molecule has 0 radical (unpaired) electrons. The molecule has 3 N–H and O–H groups in total. The molecule has 1 saturated heterocycles. The minimum atomic E-state index is -0.0408. The van der Waals surface area contributed by atoms with Crippen LogP contribution < -0.4 is 11.1 Å². The van der Waals surface area contributed by atoms with Crippen LogP contribution in [0.25, 0.3) is 0 Å². The Morgan fingerprint density at radius 3 is 2.50 bits per heavy atom. The normalized spacial score (nSPS) is 20.6. The fourth-order valence-corrected chi connectivity index (χ4v) is 2.91. The van der Waals surface area contributed by atoms with E-state index in [1.165, 1.54) is 0 Å². The SMILES string of the molecule is NC1=NCC2(CCN(C(=O)c3ccc(Cl)cc3)CC2)N1. The zero-order valence-corrected chi connectivity index (χ0v) is 11.9. The second-order valence-corrected chi connectivity index (χ2v) is 5.84. The van der Waals surface area contributed by atoms with Gasteiger partial charge in [0.15, 0.2) is 5.96 Å². The van der Waals surface area contributed by atoms with Gasteiger partial charge in [-0.2, -0.15) is 0 Å². The predicted molar refractivity (Wildman–Crippen MR) is 78.9 cm³/mol. The van der Waals surface area contributed by atoms with Gasteiger partial charge in [0, 0.05) is 23.7 Å². The van der Waals surface area contributed by atoms with Crippen molar-refractivity contribution in [3.63, 3.8) is 0 Å². The zero-order valence-electron chi connectivity index (χ0n) is 11.1. The van der Waals surface area contributed by atoms with Crippen LogP contribution in [0.4, 0.5) is 0 Å². The lowest BCUT2D eigenvalue weighted by Crippen LogP contribution is -2.55. The summed E-state index contributed by atoms with van der Waals surface area (Å²) in [4.78, 5) is 18.5. The maximum absolute atomic E-state index is 12.4. The van der Waals surface area contributed by atoms with Gasteiger partial charge in [-0.3, -0.25) is 9.79 Å². The van der Waals surface area contributed by atoms with Gasteiger partial charge in [0.2, 0.25) is 0 Å². The van der Waals surface area contributed by atoms with Crippen molar-refractivity contribution >= 4 is 23.5 Å². The fraction of sp³-hybridized carbons (Fsp3) is 0.429. The van der Waals surface area contributed by atoms with E-state index >= 15 is 0 Å². The van der Waals surface area contributed by atoms with Crippen LogP contribution in [0.2, 0.25) is 5.02 Å². The number of rotatable bonds is 1. The average molecular weight is 293 g/mol. The first-order valence-electron chi connectivity index (χ1n) is 6.71. The van der Waals surface area contributed by atoms with E-state index in [0.29, 0.717) is 23.1 Å². The lowest BCUT2D eigenvalue weighted by atomic mass is 9.88. The molecule has 20 heavy (non-hydrogen) atoms. The van der Waals surface area contributed by atoms with Crippen molar-refractivity contribution < 1.29 is 4.79 Å². The second kappa shape index (κ2) is 4.98. The molecule has 0 saturated carbocycles. The number of amides is 1. The van der Waals surface area contributed by atoms with Gasteiger partial charge < -0.3 is 16.0 Å². The first kappa shape index (κ1) is 13.2. The van der Waals surface area contributed by atoms with Crippen molar-refractivity contribution in [1.82, 2.24) is 10.2 Å². The Kier molecular flexibility index (Phi) is 3.30. The van der Waals surface area contributed by atoms with Gasteiger partial charge in [-0.1, -0.05) is 11.6 Å². The second-order valence-electron chi connectivity index (χ2n) is 5.41. The van der Waals surface area contributed by atoms with E-state index in [9.17, 15) is 4.79 Å². The van der Waals surface area contributed by atoms with Crippen molar-refractivity contribution in [2.24, 2.45) is 10.7 Å². The van der Waals surface area contributed by atoms with Crippen molar-refractivity contribution in [3.05, 3.63) is 34.9 Å². The first-order chi connectivity index (χ1) is 9.58. The molecule has 0 bridgehead atoms. The average Bonchev–Trinajstić information content (AvgIpc) is 2.81. The summed E-state index contributed by atoms with van der Waals surface area (Å²) >= 11 is 5.84. The smallest absolute Gasteiger partial charge is 0.253 e. The van der Waals surface area contributed by atoms with Gasteiger partial charge in [0.1, 0.15) is 0 Å². The number of likely N-dealkylation sites (tertiary alicyclic amines) is 1. The van der Waals surface area contributed by atoms with Gasteiger partial charge in [0.25, 0.3) is 5.91 Å². The van der Waals surface area contributed by atoms with E-state index in [1.54, 1.807) is 24.3 Å². The summed E-state index contributed by atoms with van der Waals surface area (Å²) in [6.45, 7) is 2.15. The van der Waals surface area contributed by atoms with Crippen molar-refractivity contribution in [1.29, 1.82) is 0 Å². The molecule has 2 aliphatic heterocycles. The molecule has 1 aromatic carbocycles. The Balaban J connectivity index is 1.63. The van der Waals surface area contributed by atoms with Crippen LogP contribution in [-0.4, -0.2) is 41.9 Å². The van der Waals surface area contributed by atoms with Crippen LogP contribution in [0.15, 0.2) is 29.3 Å². The van der Waals surface area contributed by atoms with Gasteiger partial charge >= 0.3 is 0 Å². The highest BCUT2D eigenvalue weighted by Gasteiger charge is 2.39. The molecule has 1 spiro atoms. The topological polar surface area (TPSA) is 70.7 Å². The summed E-state index contributed by atoms with van der Waals surface area (Å²) in [6, 6.07) is 7.02. The highest BCUT2D eigenvalue weighted by molar-refractivity contribution is 6.30. The number of guanidine groups is 1. The Bertz CT molecular complexity index is 547. The number of piperidine rings is 1. The van der Waals surface area contributed by atoms with E-state index < -0.39 is 0 Å². The Morgan fingerprint density at radius 2 is 1.95 bits per heavy atom. The van der Waals surface area contributed by atoms with E-state index in [0.717, 1.165) is 25.9 Å². The molecule has 2 heterocycles. The van der Waals surface area contributed by atoms with Crippen LogP contribution in [0.5, 0.6) is 0 Å². The molecular formula is C14H17ClN4O. The van der Waals surface area contributed by atoms with E-state index in [2.05, 4.69) is 10.3 Å². The molecule has 3 rings (SSSR count). The van der Waals surface area contributed by atoms with Gasteiger partial charge in [-0.15, -0.1) is 0 Å². The van der Waals surface area contributed by atoms with Crippen LogP contribution in [-0.2, 0) is 0 Å². The summed E-state index contributed by atoms with van der Waals surface area (Å²) in [7, 11) is 0. The lowest BCUT2D eigenvalue weighted by molar-refractivity contribution is 0.0668.